The van der Waals surface area contributed by atoms with Crippen LogP contribution in [-0.2, 0) is 5.41 Å². The largest absolute Gasteiger partial charge is 0.364 e. The van der Waals surface area contributed by atoms with Crippen molar-refractivity contribution in [1.29, 1.82) is 0 Å². The van der Waals surface area contributed by atoms with Crippen molar-refractivity contribution < 1.29 is 4.79 Å². The molecular weight excluding hydrogens is 354 g/mol. The third-order valence-corrected chi connectivity index (χ3v) is 4.94. The first kappa shape index (κ1) is 19.8. The van der Waals surface area contributed by atoms with Gasteiger partial charge in [-0.3, -0.25) is 4.79 Å². The Morgan fingerprint density at radius 1 is 1.21 bits per heavy atom. The number of hydrogen-bond acceptors (Lipinski definition) is 4. The zero-order valence-electron chi connectivity index (χ0n) is 17.0. The second-order valence-electron chi connectivity index (χ2n) is 8.25. The van der Waals surface area contributed by atoms with Crippen LogP contribution >= 0.6 is 0 Å². The summed E-state index contributed by atoms with van der Waals surface area (Å²) in [5, 5.41) is 0. The lowest BCUT2D eigenvalue weighted by Gasteiger charge is -2.19. The SMILES string of the molecule is CCC[C@H](C)c1nc(C(N)=O)c2[nH]c(=O)n(-c3ccc(C(C)(C)C)cc3)c2n1. The maximum atomic E-state index is 12.7. The van der Waals surface area contributed by atoms with E-state index in [1.807, 2.05) is 31.2 Å². The summed E-state index contributed by atoms with van der Waals surface area (Å²) in [5.41, 5.74) is 7.68. The number of carbonyl (C=O) groups is 1. The molecular formula is C21H27N5O2. The first-order valence-electron chi connectivity index (χ1n) is 9.56. The van der Waals surface area contributed by atoms with Crippen molar-refractivity contribution in [3.8, 4) is 5.69 Å². The van der Waals surface area contributed by atoms with Crippen LogP contribution < -0.4 is 11.4 Å². The minimum atomic E-state index is -0.686. The molecule has 3 aromatic rings. The molecule has 0 fully saturated rings. The van der Waals surface area contributed by atoms with Crippen LogP contribution in [0.4, 0.5) is 0 Å². The van der Waals surface area contributed by atoms with Crippen LogP contribution in [0.25, 0.3) is 16.9 Å². The monoisotopic (exact) mass is 381 g/mol. The van der Waals surface area contributed by atoms with Gasteiger partial charge in [0.15, 0.2) is 11.3 Å². The van der Waals surface area contributed by atoms with Crippen molar-refractivity contribution in [2.45, 2.75) is 58.8 Å². The van der Waals surface area contributed by atoms with Crippen LogP contribution in [-0.4, -0.2) is 25.4 Å². The minimum absolute atomic E-state index is 0.00771. The minimum Gasteiger partial charge on any atom is -0.364 e. The van der Waals surface area contributed by atoms with Gasteiger partial charge in [-0.2, -0.15) is 0 Å². The molecule has 7 heteroatoms. The molecule has 28 heavy (non-hydrogen) atoms. The smallest absolute Gasteiger partial charge is 0.332 e. The Hall–Kier alpha value is -2.96. The number of fused-ring (bicyclic) bond motifs is 1. The highest BCUT2D eigenvalue weighted by Crippen LogP contribution is 2.25. The Morgan fingerprint density at radius 2 is 1.86 bits per heavy atom. The summed E-state index contributed by atoms with van der Waals surface area (Å²) >= 11 is 0. The quantitative estimate of drug-likeness (QED) is 0.706. The Labute approximate surface area is 164 Å². The maximum Gasteiger partial charge on any atom is 0.332 e. The van der Waals surface area contributed by atoms with E-state index in [1.165, 1.54) is 4.57 Å². The molecule has 0 aliphatic carbocycles. The summed E-state index contributed by atoms with van der Waals surface area (Å²) in [5.74, 6) is -0.120. The normalized spacial score (nSPS) is 13.0. The van der Waals surface area contributed by atoms with Gasteiger partial charge < -0.3 is 10.7 Å². The number of nitrogens with zero attached hydrogens (tertiary/aromatic N) is 3. The van der Waals surface area contributed by atoms with Crippen LogP contribution in [0.5, 0.6) is 0 Å². The van der Waals surface area contributed by atoms with E-state index in [0.717, 1.165) is 18.4 Å². The van der Waals surface area contributed by atoms with E-state index in [9.17, 15) is 9.59 Å². The molecule has 148 valence electrons. The van der Waals surface area contributed by atoms with Crippen molar-refractivity contribution >= 4 is 17.1 Å². The lowest BCUT2D eigenvalue weighted by molar-refractivity contribution is 0.0996. The molecule has 0 spiro atoms. The number of nitrogens with two attached hydrogens (primary N) is 1. The molecule has 2 aromatic heterocycles. The van der Waals surface area contributed by atoms with Gasteiger partial charge in [0.2, 0.25) is 0 Å². The standard InChI is InChI=1S/C21H27N5O2/c1-6-7-12(2)18-23-15(17(22)27)16-19(25-18)26(20(28)24-16)14-10-8-13(9-11-14)21(3,4)5/h8-12H,6-7H2,1-5H3,(H2,22,27)(H,24,28)/t12-/m0/s1. The van der Waals surface area contributed by atoms with Crippen LogP contribution in [0.3, 0.4) is 0 Å². The highest BCUT2D eigenvalue weighted by Gasteiger charge is 2.22. The number of H-pyrrole nitrogens is 1. The molecule has 2 heterocycles. The van der Waals surface area contributed by atoms with E-state index in [-0.39, 0.29) is 28.2 Å². The number of imidazole rings is 1. The predicted molar refractivity (Wildman–Crippen MR) is 110 cm³/mol. The van der Waals surface area contributed by atoms with Crippen molar-refractivity contribution in [2.75, 3.05) is 0 Å². The summed E-state index contributed by atoms with van der Waals surface area (Å²) in [4.78, 5) is 36.3. The highest BCUT2D eigenvalue weighted by atomic mass is 16.2. The van der Waals surface area contributed by atoms with Crippen LogP contribution in [0.15, 0.2) is 29.1 Å². The van der Waals surface area contributed by atoms with Gasteiger partial charge in [0.25, 0.3) is 5.91 Å². The average Bonchev–Trinajstić information content (AvgIpc) is 2.96. The van der Waals surface area contributed by atoms with Gasteiger partial charge in [-0.25, -0.2) is 19.3 Å². The first-order chi connectivity index (χ1) is 13.1. The van der Waals surface area contributed by atoms with Gasteiger partial charge in [0.05, 0.1) is 5.69 Å². The molecule has 0 saturated carbocycles. The molecule has 0 unspecified atom stereocenters. The van der Waals surface area contributed by atoms with Gasteiger partial charge >= 0.3 is 5.69 Å². The van der Waals surface area contributed by atoms with E-state index in [1.54, 1.807) is 0 Å². The summed E-state index contributed by atoms with van der Waals surface area (Å²) < 4.78 is 1.47. The molecule has 1 amide bonds. The second kappa shape index (κ2) is 7.22. The lowest BCUT2D eigenvalue weighted by Crippen LogP contribution is -2.17. The van der Waals surface area contributed by atoms with Crippen molar-refractivity contribution in [3.63, 3.8) is 0 Å². The molecule has 0 saturated heterocycles. The van der Waals surface area contributed by atoms with Gasteiger partial charge in [-0.15, -0.1) is 0 Å². The topological polar surface area (TPSA) is 107 Å². The Balaban J connectivity index is 2.24. The Morgan fingerprint density at radius 3 is 2.39 bits per heavy atom. The highest BCUT2D eigenvalue weighted by molar-refractivity contribution is 6.01. The van der Waals surface area contributed by atoms with E-state index in [4.69, 9.17) is 5.73 Å². The van der Waals surface area contributed by atoms with Crippen molar-refractivity contribution in [1.82, 2.24) is 19.5 Å². The fourth-order valence-electron chi connectivity index (χ4n) is 3.31. The number of carbonyl (C=O) groups excluding carboxylic acids is 1. The average molecular weight is 381 g/mol. The van der Waals surface area contributed by atoms with E-state index in [0.29, 0.717) is 17.2 Å². The second-order valence-corrected chi connectivity index (χ2v) is 8.25. The van der Waals surface area contributed by atoms with Crippen molar-refractivity contribution in [3.05, 3.63) is 51.8 Å². The predicted octanol–water partition coefficient (Wildman–Crippen LogP) is 3.41. The fourth-order valence-corrected chi connectivity index (χ4v) is 3.31. The molecule has 1 aromatic carbocycles. The zero-order valence-corrected chi connectivity index (χ0v) is 17.0. The number of primary amides is 1. The summed E-state index contributed by atoms with van der Waals surface area (Å²) in [7, 11) is 0. The molecule has 0 bridgehead atoms. The number of benzene rings is 1. The Kier molecular flexibility index (Phi) is 5.10. The van der Waals surface area contributed by atoms with E-state index in [2.05, 4.69) is 42.6 Å². The van der Waals surface area contributed by atoms with Gasteiger partial charge in [-0.05, 0) is 29.5 Å². The van der Waals surface area contributed by atoms with Gasteiger partial charge in [-0.1, -0.05) is 53.2 Å². The van der Waals surface area contributed by atoms with Crippen LogP contribution in [0.2, 0.25) is 0 Å². The molecule has 3 rings (SSSR count). The molecule has 0 aliphatic heterocycles. The molecule has 7 nitrogen and oxygen atoms in total. The number of rotatable bonds is 5. The van der Waals surface area contributed by atoms with E-state index >= 15 is 0 Å². The zero-order chi connectivity index (χ0) is 20.6. The number of aromatic nitrogens is 4. The summed E-state index contributed by atoms with van der Waals surface area (Å²) in [6.07, 6.45) is 1.83. The van der Waals surface area contributed by atoms with Gasteiger partial charge in [0.1, 0.15) is 11.3 Å². The third-order valence-electron chi connectivity index (χ3n) is 4.94. The third kappa shape index (κ3) is 3.56. The van der Waals surface area contributed by atoms with Gasteiger partial charge in [0, 0.05) is 5.92 Å². The van der Waals surface area contributed by atoms with E-state index < -0.39 is 5.91 Å². The fraction of sp³-hybridized carbons (Fsp3) is 0.429. The van der Waals surface area contributed by atoms with Crippen LogP contribution in [0, 0.1) is 0 Å². The maximum absolute atomic E-state index is 12.7. The van der Waals surface area contributed by atoms with Crippen LogP contribution in [0.1, 0.15) is 75.3 Å². The Bertz CT molecular complexity index is 1070. The molecule has 0 aliphatic rings. The number of hydrogen-bond donors (Lipinski definition) is 2. The molecule has 1 atom stereocenters. The first-order valence-corrected chi connectivity index (χ1v) is 9.56. The van der Waals surface area contributed by atoms with Crippen molar-refractivity contribution in [2.24, 2.45) is 5.73 Å². The number of amides is 1. The number of nitrogens with one attached hydrogen (secondary N) is 1. The molecule has 3 N–H and O–H groups in total. The molecule has 0 radical (unpaired) electrons. The number of aromatic amines is 1. The summed E-state index contributed by atoms with van der Waals surface area (Å²) in [6.45, 7) is 10.5. The summed E-state index contributed by atoms with van der Waals surface area (Å²) in [6, 6.07) is 7.77. The lowest BCUT2D eigenvalue weighted by atomic mass is 9.87.